The minimum atomic E-state index is -0.881. The number of fused-ring (bicyclic) bond motifs is 1. The summed E-state index contributed by atoms with van der Waals surface area (Å²) in [6.07, 6.45) is 0.872. The Kier molecular flexibility index (Phi) is 7.15. The summed E-state index contributed by atoms with van der Waals surface area (Å²) in [5.41, 5.74) is 2.86. The molecule has 0 radical (unpaired) electrons. The summed E-state index contributed by atoms with van der Waals surface area (Å²) in [7, 11) is 0. The summed E-state index contributed by atoms with van der Waals surface area (Å²) in [5, 5.41) is 11.8. The van der Waals surface area contributed by atoms with E-state index in [1.165, 1.54) is 16.2 Å². The number of anilines is 1. The number of hydrogen-bond donors (Lipinski definition) is 1. The lowest BCUT2D eigenvalue weighted by Gasteiger charge is -2.23. The second-order valence-corrected chi connectivity index (χ2v) is 10.0. The monoisotopic (exact) mass is 528 g/mol. The summed E-state index contributed by atoms with van der Waals surface area (Å²) in [6.45, 7) is 6.94. The number of aliphatic hydroxyl groups is 1. The Morgan fingerprint density at radius 2 is 1.79 bits per heavy atom. The maximum atomic E-state index is 13.5. The maximum Gasteiger partial charge on any atom is 0.301 e. The van der Waals surface area contributed by atoms with Gasteiger partial charge in [0, 0.05) is 5.56 Å². The van der Waals surface area contributed by atoms with Gasteiger partial charge in [0.2, 0.25) is 0 Å². The van der Waals surface area contributed by atoms with Crippen LogP contribution in [0.4, 0.5) is 5.13 Å². The number of amides is 1. The lowest BCUT2D eigenvalue weighted by atomic mass is 9.95. The molecule has 1 atom stereocenters. The first-order valence-electron chi connectivity index (χ1n) is 12.6. The van der Waals surface area contributed by atoms with E-state index in [0.717, 1.165) is 22.2 Å². The van der Waals surface area contributed by atoms with Crippen molar-refractivity contribution >= 4 is 44.1 Å². The van der Waals surface area contributed by atoms with Crippen molar-refractivity contribution < 1.29 is 24.2 Å². The molecule has 1 fully saturated rings. The quantitative estimate of drug-likeness (QED) is 0.161. The lowest BCUT2D eigenvalue weighted by Crippen LogP contribution is -2.29. The van der Waals surface area contributed by atoms with Crippen molar-refractivity contribution in [1.29, 1.82) is 0 Å². The van der Waals surface area contributed by atoms with Crippen LogP contribution in [-0.2, 0) is 9.59 Å². The molecule has 7 nitrogen and oxygen atoms in total. The van der Waals surface area contributed by atoms with E-state index in [0.29, 0.717) is 41.0 Å². The number of nitrogens with zero attached hydrogens (tertiary/aromatic N) is 2. The molecule has 1 aromatic heterocycles. The predicted molar refractivity (Wildman–Crippen MR) is 149 cm³/mol. The van der Waals surface area contributed by atoms with Gasteiger partial charge in [0.25, 0.3) is 5.78 Å². The Morgan fingerprint density at radius 3 is 2.53 bits per heavy atom. The molecule has 3 aromatic carbocycles. The molecule has 1 amide bonds. The first-order chi connectivity index (χ1) is 18.4. The van der Waals surface area contributed by atoms with Crippen molar-refractivity contribution in [2.24, 2.45) is 0 Å². The molecule has 2 heterocycles. The van der Waals surface area contributed by atoms with E-state index < -0.39 is 17.7 Å². The van der Waals surface area contributed by atoms with E-state index in [-0.39, 0.29) is 11.3 Å². The van der Waals surface area contributed by atoms with E-state index >= 15 is 0 Å². The standard InChI is InChI=1S/C30H28N2O5S/c1-4-15-37-21-12-10-19(11-13-21)27(33)25-26(20-7-6-8-22(17-20)36-5-2)32(29(35)28(25)34)30-31-23-14-9-18(3)16-24(23)38-30/h6-14,16-17,26,33H,4-5,15H2,1-3H3/b27-25+. The SMILES string of the molecule is CCCOc1ccc(/C(O)=C2\C(=O)C(=O)N(c3nc4ccc(C)cc4s3)C2c2cccc(OCC)c2)cc1. The molecule has 1 N–H and O–H groups in total. The number of ketones is 1. The Labute approximate surface area is 225 Å². The van der Waals surface area contributed by atoms with Crippen molar-refractivity contribution in [3.63, 3.8) is 0 Å². The number of benzene rings is 3. The van der Waals surface area contributed by atoms with Crippen LogP contribution in [0.5, 0.6) is 11.5 Å². The highest BCUT2D eigenvalue weighted by molar-refractivity contribution is 7.22. The van der Waals surface area contributed by atoms with Crippen molar-refractivity contribution in [2.45, 2.75) is 33.2 Å². The maximum absolute atomic E-state index is 13.5. The van der Waals surface area contributed by atoms with E-state index in [9.17, 15) is 14.7 Å². The fourth-order valence-corrected chi connectivity index (χ4v) is 5.58. The highest BCUT2D eigenvalue weighted by Crippen LogP contribution is 2.45. The van der Waals surface area contributed by atoms with E-state index in [1.54, 1.807) is 30.3 Å². The summed E-state index contributed by atoms with van der Waals surface area (Å²) < 4.78 is 12.2. The number of thiazole rings is 1. The summed E-state index contributed by atoms with van der Waals surface area (Å²) in [4.78, 5) is 33.1. The predicted octanol–water partition coefficient (Wildman–Crippen LogP) is 6.42. The molecule has 0 aliphatic carbocycles. The molecule has 0 spiro atoms. The molecule has 194 valence electrons. The van der Waals surface area contributed by atoms with Gasteiger partial charge in [0.15, 0.2) is 5.13 Å². The molecule has 38 heavy (non-hydrogen) atoms. The van der Waals surface area contributed by atoms with Gasteiger partial charge in [-0.3, -0.25) is 14.5 Å². The van der Waals surface area contributed by atoms with E-state index in [1.807, 2.05) is 57.2 Å². The van der Waals surface area contributed by atoms with Gasteiger partial charge in [0.05, 0.1) is 35.0 Å². The molecule has 4 aromatic rings. The zero-order chi connectivity index (χ0) is 26.8. The molecular formula is C30H28N2O5S. The third kappa shape index (κ3) is 4.75. The van der Waals surface area contributed by atoms with Crippen molar-refractivity contribution in [2.75, 3.05) is 18.1 Å². The zero-order valence-corrected chi connectivity index (χ0v) is 22.2. The smallest absolute Gasteiger partial charge is 0.301 e. The number of ether oxygens (including phenoxy) is 2. The Balaban J connectivity index is 1.66. The number of aliphatic hydroxyl groups excluding tert-OH is 1. The molecule has 8 heteroatoms. The topological polar surface area (TPSA) is 89.0 Å². The third-order valence-corrected chi connectivity index (χ3v) is 7.29. The normalized spacial score (nSPS) is 16.8. The van der Waals surface area contributed by atoms with Crippen molar-refractivity contribution in [3.8, 4) is 11.5 Å². The summed E-state index contributed by atoms with van der Waals surface area (Å²) in [5.74, 6) is -0.493. The first-order valence-corrected chi connectivity index (χ1v) is 13.4. The Hall–Kier alpha value is -4.17. The highest BCUT2D eigenvalue weighted by Gasteiger charge is 2.48. The minimum Gasteiger partial charge on any atom is -0.507 e. The average molecular weight is 529 g/mol. The van der Waals surface area contributed by atoms with Gasteiger partial charge in [-0.05, 0) is 79.9 Å². The largest absolute Gasteiger partial charge is 0.507 e. The fraction of sp³-hybridized carbons (Fsp3) is 0.233. The average Bonchev–Trinajstić information content (AvgIpc) is 3.45. The number of aryl methyl sites for hydroxylation is 1. The number of rotatable bonds is 8. The number of Topliss-reactive ketones (excluding diaryl/α,β-unsaturated/α-hetero) is 1. The van der Waals surface area contributed by atoms with Crippen molar-refractivity contribution in [3.05, 3.63) is 89.0 Å². The van der Waals surface area contributed by atoms with Gasteiger partial charge in [-0.25, -0.2) is 4.98 Å². The second-order valence-electron chi connectivity index (χ2n) is 9.02. The Bertz CT molecular complexity index is 1540. The Morgan fingerprint density at radius 1 is 1.00 bits per heavy atom. The van der Waals surface area contributed by atoms with Crippen LogP contribution in [0.25, 0.3) is 16.0 Å². The zero-order valence-electron chi connectivity index (χ0n) is 21.4. The van der Waals surface area contributed by atoms with Crippen LogP contribution >= 0.6 is 11.3 Å². The molecular weight excluding hydrogens is 500 g/mol. The van der Waals surface area contributed by atoms with Crippen LogP contribution in [-0.4, -0.2) is 35.0 Å². The van der Waals surface area contributed by atoms with Gasteiger partial charge in [-0.2, -0.15) is 0 Å². The summed E-state index contributed by atoms with van der Waals surface area (Å²) >= 11 is 1.34. The first kappa shape index (κ1) is 25.5. The van der Waals surface area contributed by atoms with Crippen LogP contribution in [0.3, 0.4) is 0 Å². The van der Waals surface area contributed by atoms with Crippen molar-refractivity contribution in [1.82, 2.24) is 4.98 Å². The highest BCUT2D eigenvalue weighted by atomic mass is 32.1. The second kappa shape index (κ2) is 10.7. The molecule has 1 saturated heterocycles. The number of carbonyl (C=O) groups is 2. The third-order valence-electron chi connectivity index (χ3n) is 6.27. The van der Waals surface area contributed by atoms with Crippen LogP contribution in [0.1, 0.15) is 43.0 Å². The van der Waals surface area contributed by atoms with Gasteiger partial charge < -0.3 is 14.6 Å². The minimum absolute atomic E-state index is 0.00121. The van der Waals surface area contributed by atoms with Crippen LogP contribution in [0, 0.1) is 6.92 Å². The molecule has 1 aliphatic heterocycles. The van der Waals surface area contributed by atoms with Gasteiger partial charge in [-0.1, -0.05) is 36.5 Å². The van der Waals surface area contributed by atoms with E-state index in [2.05, 4.69) is 4.98 Å². The molecule has 0 saturated carbocycles. The fourth-order valence-electron chi connectivity index (χ4n) is 4.49. The van der Waals surface area contributed by atoms with Gasteiger partial charge in [-0.15, -0.1) is 0 Å². The van der Waals surface area contributed by atoms with Crippen LogP contribution in [0.2, 0.25) is 0 Å². The van der Waals surface area contributed by atoms with Gasteiger partial charge in [0.1, 0.15) is 17.3 Å². The van der Waals surface area contributed by atoms with Crippen LogP contribution < -0.4 is 14.4 Å². The summed E-state index contributed by atoms with van der Waals surface area (Å²) in [6, 6.07) is 19.0. The number of hydrogen-bond acceptors (Lipinski definition) is 7. The van der Waals surface area contributed by atoms with Crippen LogP contribution in [0.15, 0.2) is 72.3 Å². The molecule has 5 rings (SSSR count). The number of carbonyl (C=O) groups excluding carboxylic acids is 2. The molecule has 1 unspecified atom stereocenters. The lowest BCUT2D eigenvalue weighted by molar-refractivity contribution is -0.132. The van der Waals surface area contributed by atoms with Gasteiger partial charge >= 0.3 is 5.91 Å². The van der Waals surface area contributed by atoms with E-state index in [4.69, 9.17) is 9.47 Å². The molecule has 0 bridgehead atoms. The molecule has 1 aliphatic rings. The number of aromatic nitrogens is 1.